The number of halogens is 1. The van der Waals surface area contributed by atoms with Crippen LogP contribution in [-0.2, 0) is 19.3 Å². The predicted molar refractivity (Wildman–Crippen MR) is 207 cm³/mol. The number of phenols is 1. The van der Waals surface area contributed by atoms with Crippen molar-refractivity contribution in [1.82, 2.24) is 15.0 Å². The number of nitriles is 2. The first-order valence-electron chi connectivity index (χ1n) is 16.0. The summed E-state index contributed by atoms with van der Waals surface area (Å²) >= 11 is 2.89. The van der Waals surface area contributed by atoms with Gasteiger partial charge in [0, 0.05) is 67.2 Å². The summed E-state index contributed by atoms with van der Waals surface area (Å²) in [4.78, 5) is 12.5. The molecule has 0 saturated heterocycles. The lowest BCUT2D eigenvalue weighted by Gasteiger charge is -2.02. The molecule has 11 heteroatoms. The maximum Gasteiger partial charge on any atom is 0.267 e. The summed E-state index contributed by atoms with van der Waals surface area (Å²) in [5.74, 6) is 1.81. The molecule has 0 spiro atoms. The largest absolute Gasteiger partial charge is 0.508 e. The highest BCUT2D eigenvalue weighted by atomic mass is 79.9. The Morgan fingerprint density at radius 2 is 1.14 bits per heavy atom. The average molecular weight is 741 g/mol. The number of fused-ring (bicyclic) bond motifs is 3. The Kier molecular flexibility index (Phi) is 18.2. The van der Waals surface area contributed by atoms with Crippen LogP contribution in [0, 0.1) is 29.2 Å². The zero-order valence-corrected chi connectivity index (χ0v) is 29.4. The highest BCUT2D eigenvalue weighted by molar-refractivity contribution is 9.09. The Labute approximate surface area is 302 Å². The fourth-order valence-corrected chi connectivity index (χ4v) is 5.21. The number of hydrogen-bond acceptors (Lipinski definition) is 6. The number of hydrogen-bond donors (Lipinski definition) is 5. The van der Waals surface area contributed by atoms with Crippen LogP contribution in [0.4, 0.5) is 0 Å². The van der Waals surface area contributed by atoms with Gasteiger partial charge in [-0.3, -0.25) is 0 Å². The van der Waals surface area contributed by atoms with E-state index in [1.165, 1.54) is 22.1 Å². The van der Waals surface area contributed by atoms with Crippen molar-refractivity contribution in [2.24, 2.45) is 5.73 Å². The third-order valence-corrected chi connectivity index (χ3v) is 7.60. The number of aromatic amines is 3. The molecule has 0 unspecified atom stereocenters. The monoisotopic (exact) mass is 739 g/mol. The van der Waals surface area contributed by atoms with Crippen LogP contribution in [0.3, 0.4) is 0 Å². The van der Waals surface area contributed by atoms with E-state index in [1.54, 1.807) is 6.07 Å². The van der Waals surface area contributed by atoms with Crippen LogP contribution in [0.25, 0.3) is 37.6 Å². The lowest BCUT2D eigenvalue weighted by molar-refractivity contribution is 0.368. The minimum absolute atomic E-state index is 0. The van der Waals surface area contributed by atoms with Gasteiger partial charge in [-0.25, -0.2) is 6.57 Å². The van der Waals surface area contributed by atoms with Crippen molar-refractivity contribution in [3.8, 4) is 29.4 Å². The standard InChI is InChI=1S/C13H14N2O.C12H13N3O.C11H13NO.C2H2BrN.CH4/c1-2-3-10-9-15-13-5-4-11(8-12(10)13)16-7-6-14;13-4-3-9-8-15-12-2-1-10(7-11(9)12)16-6-5-14;1-2-3-8-7-12-11-5-4-9(13)6-10(8)11;1-4-2-3;/h4-5,8-9,15H,2-3,7H2,1H3;1-2,7-8,15H,3-4,6,13H2;4-7,12-13H,2-3H2,1H3;2H2;1H4. The molecule has 0 bridgehead atoms. The van der Waals surface area contributed by atoms with Crippen molar-refractivity contribution >= 4 is 48.6 Å². The molecular formula is C39H46BrN7O3. The second-order valence-corrected chi connectivity index (χ2v) is 11.3. The first-order chi connectivity index (χ1) is 23.9. The number of aromatic nitrogens is 3. The molecule has 0 radical (unpaired) electrons. The fraction of sp³-hybridized carbons (Fsp3) is 0.308. The highest BCUT2D eigenvalue weighted by Crippen LogP contribution is 2.26. The number of nitrogens with zero attached hydrogens (tertiary/aromatic N) is 3. The fourth-order valence-electron chi connectivity index (χ4n) is 5.21. The molecule has 0 amide bonds. The maximum atomic E-state index is 9.33. The van der Waals surface area contributed by atoms with Gasteiger partial charge in [-0.15, -0.1) is 0 Å². The molecule has 6 rings (SSSR count). The molecule has 50 heavy (non-hydrogen) atoms. The molecule has 0 saturated carbocycles. The number of alkyl halides is 1. The van der Waals surface area contributed by atoms with Crippen LogP contribution in [0.5, 0.6) is 17.2 Å². The Bertz CT molecular complexity index is 1930. The molecule has 6 aromatic rings. The number of nitrogens with two attached hydrogens (primary N) is 1. The van der Waals surface area contributed by atoms with Gasteiger partial charge in [0.25, 0.3) is 5.45 Å². The van der Waals surface area contributed by atoms with E-state index in [4.69, 9.17) is 32.3 Å². The molecule has 0 aliphatic rings. The van der Waals surface area contributed by atoms with E-state index in [0.717, 1.165) is 65.2 Å². The van der Waals surface area contributed by atoms with Gasteiger partial charge in [-0.1, -0.05) is 34.1 Å². The quantitative estimate of drug-likeness (QED) is 0.0534. The summed E-state index contributed by atoms with van der Waals surface area (Å²) < 4.78 is 10.6. The Morgan fingerprint density at radius 3 is 1.52 bits per heavy atom. The normalized spacial score (nSPS) is 9.78. The third-order valence-electron chi connectivity index (χ3n) is 7.35. The van der Waals surface area contributed by atoms with Crippen LogP contribution in [0.15, 0.2) is 73.2 Å². The van der Waals surface area contributed by atoms with E-state index >= 15 is 0 Å². The first kappa shape index (κ1) is 40.8. The first-order valence-corrected chi connectivity index (χ1v) is 17.1. The summed E-state index contributed by atoms with van der Waals surface area (Å²) in [6.45, 7) is 11.1. The minimum Gasteiger partial charge on any atom is -0.508 e. The second-order valence-electron chi connectivity index (χ2n) is 10.8. The number of nitrogens with one attached hydrogen (secondary N) is 3. The van der Waals surface area contributed by atoms with Crippen molar-refractivity contribution in [3.63, 3.8) is 0 Å². The van der Waals surface area contributed by atoms with Gasteiger partial charge in [0.15, 0.2) is 13.2 Å². The van der Waals surface area contributed by atoms with E-state index in [0.29, 0.717) is 23.5 Å². The van der Waals surface area contributed by atoms with Crippen LogP contribution in [-0.4, -0.2) is 45.3 Å². The summed E-state index contributed by atoms with van der Waals surface area (Å²) in [6.07, 6.45) is 11.2. The van der Waals surface area contributed by atoms with Gasteiger partial charge in [0.1, 0.15) is 29.4 Å². The molecule has 262 valence electrons. The minimum atomic E-state index is 0. The summed E-state index contributed by atoms with van der Waals surface area (Å²) in [5.41, 5.74) is 13.0. The molecule has 0 aliphatic carbocycles. The van der Waals surface area contributed by atoms with Gasteiger partial charge in [0.05, 0.1) is 0 Å². The van der Waals surface area contributed by atoms with E-state index in [-0.39, 0.29) is 20.6 Å². The molecule has 3 aromatic carbocycles. The summed E-state index contributed by atoms with van der Waals surface area (Å²) in [5, 5.41) is 29.7. The summed E-state index contributed by atoms with van der Waals surface area (Å²) in [7, 11) is 0. The smallest absolute Gasteiger partial charge is 0.267 e. The zero-order chi connectivity index (χ0) is 35.4. The molecule has 10 nitrogen and oxygen atoms in total. The number of ether oxygens (including phenoxy) is 2. The van der Waals surface area contributed by atoms with Gasteiger partial charge < -0.3 is 40.1 Å². The average Bonchev–Trinajstić information content (AvgIpc) is 3.84. The molecule has 0 atom stereocenters. The van der Waals surface area contributed by atoms with Crippen molar-refractivity contribution < 1.29 is 14.6 Å². The molecule has 3 aromatic heterocycles. The Hall–Kier alpha value is -5.41. The Morgan fingerprint density at radius 1 is 0.740 bits per heavy atom. The van der Waals surface area contributed by atoms with Crippen molar-refractivity contribution in [2.75, 3.05) is 25.2 Å². The van der Waals surface area contributed by atoms with Gasteiger partial charge >= 0.3 is 0 Å². The predicted octanol–water partition coefficient (Wildman–Crippen LogP) is 9.31. The topological polar surface area (TPSA) is 164 Å². The van der Waals surface area contributed by atoms with Crippen molar-refractivity contribution in [1.29, 1.82) is 10.5 Å². The van der Waals surface area contributed by atoms with Crippen LogP contribution < -0.4 is 15.2 Å². The number of rotatable bonds is 10. The van der Waals surface area contributed by atoms with E-state index < -0.39 is 0 Å². The molecular weight excluding hydrogens is 694 g/mol. The molecule has 0 fully saturated rings. The zero-order valence-electron chi connectivity index (χ0n) is 27.9. The maximum absolute atomic E-state index is 9.33. The van der Waals surface area contributed by atoms with Crippen LogP contribution in [0.1, 0.15) is 50.8 Å². The second kappa shape index (κ2) is 22.3. The number of phenolic OH excluding ortho intramolecular Hbond substituents is 1. The number of H-pyrrole nitrogens is 3. The van der Waals surface area contributed by atoms with Crippen LogP contribution in [0.2, 0.25) is 0 Å². The van der Waals surface area contributed by atoms with E-state index in [2.05, 4.69) is 49.6 Å². The Balaban J connectivity index is 0.000000245. The molecule has 0 aliphatic heterocycles. The third kappa shape index (κ3) is 11.9. The van der Waals surface area contributed by atoms with Gasteiger partial charge in [-0.05, 0) is 97.1 Å². The number of benzene rings is 3. The molecule has 3 heterocycles. The van der Waals surface area contributed by atoms with Crippen molar-refractivity contribution in [2.45, 2.75) is 53.4 Å². The van der Waals surface area contributed by atoms with E-state index in [9.17, 15) is 5.11 Å². The van der Waals surface area contributed by atoms with Crippen molar-refractivity contribution in [3.05, 3.63) is 101 Å². The van der Waals surface area contributed by atoms with Crippen LogP contribution >= 0.6 is 15.9 Å². The lowest BCUT2D eigenvalue weighted by atomic mass is 10.1. The molecule has 6 N–H and O–H groups in total. The van der Waals surface area contributed by atoms with Gasteiger partial charge in [0.2, 0.25) is 0 Å². The number of aromatic hydroxyl groups is 1. The summed E-state index contributed by atoms with van der Waals surface area (Å²) in [6, 6.07) is 20.9. The lowest BCUT2D eigenvalue weighted by Crippen LogP contribution is -2.01. The van der Waals surface area contributed by atoms with E-state index in [1.807, 2.05) is 79.3 Å². The number of aryl methyl sites for hydroxylation is 2. The highest BCUT2D eigenvalue weighted by Gasteiger charge is 2.06. The van der Waals surface area contributed by atoms with Gasteiger partial charge in [-0.2, -0.15) is 10.5 Å². The SMILES string of the molecule is C.CCCc1c[nH]c2ccc(O)cc12.CCCc1c[nH]c2ccc(OCC#N)cc12.N#CCOc1ccc2[nH]cc(CCN)c2c1.[C-]#[N+]CBr.